The van der Waals surface area contributed by atoms with Crippen molar-refractivity contribution in [3.8, 4) is 11.5 Å². The number of nitrogens with one attached hydrogen (secondary N) is 2. The van der Waals surface area contributed by atoms with Crippen LogP contribution in [0.25, 0.3) is 0 Å². The Labute approximate surface area is 168 Å². The summed E-state index contributed by atoms with van der Waals surface area (Å²) in [6.07, 6.45) is 3.16. The Kier molecular flexibility index (Phi) is 6.01. The number of rotatable bonds is 6. The normalized spacial score (nSPS) is 10.3. The number of hydrogen-bond donors (Lipinski definition) is 2. The number of pyridine rings is 1. The van der Waals surface area contributed by atoms with Crippen LogP contribution in [-0.4, -0.2) is 25.1 Å². The minimum absolute atomic E-state index is 0.299. The predicted molar refractivity (Wildman–Crippen MR) is 111 cm³/mol. The predicted octanol–water partition coefficient (Wildman–Crippen LogP) is 5.06. The first-order chi connectivity index (χ1) is 13.5. The lowest BCUT2D eigenvalue weighted by molar-refractivity contribution is 0.102. The molecule has 0 aliphatic heterocycles. The van der Waals surface area contributed by atoms with Gasteiger partial charge in [-0.25, -0.2) is 0 Å². The zero-order valence-corrected chi connectivity index (χ0v) is 16.5. The van der Waals surface area contributed by atoms with E-state index in [2.05, 4.69) is 15.6 Å². The van der Waals surface area contributed by atoms with E-state index in [0.29, 0.717) is 33.5 Å². The maximum Gasteiger partial charge on any atom is 0.257 e. The number of carbonyl (C=O) groups excluding carboxylic acids is 1. The van der Waals surface area contributed by atoms with Gasteiger partial charge in [-0.3, -0.25) is 9.78 Å². The fourth-order valence-corrected chi connectivity index (χ4v) is 2.88. The van der Waals surface area contributed by atoms with Crippen molar-refractivity contribution in [1.29, 1.82) is 0 Å². The van der Waals surface area contributed by atoms with Crippen LogP contribution in [0, 0.1) is 6.92 Å². The second-order valence-electron chi connectivity index (χ2n) is 6.07. The number of methoxy groups -OCH3 is 2. The number of aromatic nitrogens is 1. The summed E-state index contributed by atoms with van der Waals surface area (Å²) >= 11 is 6.00. The Morgan fingerprint density at radius 1 is 1.00 bits per heavy atom. The molecule has 0 spiro atoms. The fourth-order valence-electron chi connectivity index (χ4n) is 2.65. The summed E-state index contributed by atoms with van der Waals surface area (Å²) in [5.74, 6) is 0.847. The molecule has 28 heavy (non-hydrogen) atoms. The lowest BCUT2D eigenvalue weighted by Crippen LogP contribution is -2.13. The number of halogens is 1. The third kappa shape index (κ3) is 4.53. The van der Waals surface area contributed by atoms with Crippen LogP contribution in [-0.2, 0) is 0 Å². The monoisotopic (exact) mass is 397 g/mol. The van der Waals surface area contributed by atoms with E-state index in [4.69, 9.17) is 21.1 Å². The number of aryl methyl sites for hydroxylation is 1. The summed E-state index contributed by atoms with van der Waals surface area (Å²) in [4.78, 5) is 16.8. The molecule has 144 valence electrons. The zero-order valence-electron chi connectivity index (χ0n) is 15.7. The molecule has 0 bridgehead atoms. The van der Waals surface area contributed by atoms with Gasteiger partial charge in [0.15, 0.2) is 0 Å². The van der Waals surface area contributed by atoms with Crippen molar-refractivity contribution in [1.82, 2.24) is 4.98 Å². The molecule has 3 aromatic rings. The lowest BCUT2D eigenvalue weighted by Gasteiger charge is -2.13. The van der Waals surface area contributed by atoms with Gasteiger partial charge in [0.25, 0.3) is 5.91 Å². The highest BCUT2D eigenvalue weighted by Gasteiger charge is 2.12. The second-order valence-corrected chi connectivity index (χ2v) is 6.50. The van der Waals surface area contributed by atoms with E-state index >= 15 is 0 Å². The number of nitrogens with zero attached hydrogens (tertiary/aromatic N) is 1. The number of amides is 1. The van der Waals surface area contributed by atoms with Crippen LogP contribution in [0.1, 0.15) is 15.9 Å². The van der Waals surface area contributed by atoms with E-state index in [1.165, 1.54) is 13.3 Å². The molecule has 0 saturated heterocycles. The molecule has 0 radical (unpaired) electrons. The maximum atomic E-state index is 12.7. The first-order valence-corrected chi connectivity index (χ1v) is 8.89. The van der Waals surface area contributed by atoms with Gasteiger partial charge in [0.05, 0.1) is 37.4 Å². The fraction of sp³-hybridized carbons (Fsp3) is 0.143. The Hall–Kier alpha value is -3.25. The van der Waals surface area contributed by atoms with Crippen LogP contribution in [0.2, 0.25) is 5.02 Å². The quantitative estimate of drug-likeness (QED) is 0.608. The average Bonchev–Trinajstić information content (AvgIpc) is 2.70. The number of carbonyl (C=O) groups is 1. The molecule has 1 aromatic heterocycles. The molecule has 2 aromatic carbocycles. The number of ether oxygens (including phenoxy) is 2. The van der Waals surface area contributed by atoms with Gasteiger partial charge in [-0.15, -0.1) is 0 Å². The molecule has 2 N–H and O–H groups in total. The van der Waals surface area contributed by atoms with Crippen molar-refractivity contribution in [3.63, 3.8) is 0 Å². The van der Waals surface area contributed by atoms with Crippen molar-refractivity contribution in [3.05, 3.63) is 71.0 Å². The largest absolute Gasteiger partial charge is 0.497 e. The van der Waals surface area contributed by atoms with Gasteiger partial charge in [0.1, 0.15) is 11.5 Å². The molecule has 0 atom stereocenters. The third-order valence-corrected chi connectivity index (χ3v) is 4.36. The maximum absolute atomic E-state index is 12.7. The molecular formula is C21H20ClN3O3. The summed E-state index contributed by atoms with van der Waals surface area (Å²) < 4.78 is 10.5. The molecule has 7 heteroatoms. The van der Waals surface area contributed by atoms with E-state index in [-0.39, 0.29) is 5.91 Å². The summed E-state index contributed by atoms with van der Waals surface area (Å²) in [5, 5.41) is 6.76. The van der Waals surface area contributed by atoms with Gasteiger partial charge >= 0.3 is 0 Å². The summed E-state index contributed by atoms with van der Waals surface area (Å²) in [5.41, 5.74) is 3.53. The Morgan fingerprint density at radius 2 is 1.79 bits per heavy atom. The highest BCUT2D eigenvalue weighted by atomic mass is 35.5. The van der Waals surface area contributed by atoms with E-state index in [0.717, 1.165) is 11.3 Å². The number of hydrogen-bond acceptors (Lipinski definition) is 5. The van der Waals surface area contributed by atoms with Gasteiger partial charge in [0.2, 0.25) is 0 Å². The minimum atomic E-state index is -0.299. The molecule has 1 amide bonds. The first kappa shape index (κ1) is 19.5. The van der Waals surface area contributed by atoms with Gasteiger partial charge < -0.3 is 20.1 Å². The van der Waals surface area contributed by atoms with Crippen LogP contribution in [0.4, 0.5) is 17.1 Å². The van der Waals surface area contributed by atoms with E-state index < -0.39 is 0 Å². The molecule has 6 nitrogen and oxygen atoms in total. The van der Waals surface area contributed by atoms with Gasteiger partial charge in [-0.2, -0.15) is 0 Å². The molecular weight excluding hydrogens is 378 g/mol. The molecule has 0 fully saturated rings. The first-order valence-electron chi connectivity index (χ1n) is 8.52. The SMILES string of the molecule is COc1ccc(NC(=O)c2cncc(Nc3ccc(Cl)cc3C)c2)c(OC)c1. The van der Waals surface area contributed by atoms with E-state index in [1.807, 2.05) is 19.1 Å². The topological polar surface area (TPSA) is 72.5 Å². The number of benzene rings is 2. The summed E-state index contributed by atoms with van der Waals surface area (Å²) in [7, 11) is 3.10. The van der Waals surface area contributed by atoms with E-state index in [1.54, 1.807) is 43.6 Å². The van der Waals surface area contributed by atoms with Gasteiger partial charge in [-0.1, -0.05) is 11.6 Å². The highest BCUT2D eigenvalue weighted by molar-refractivity contribution is 6.30. The zero-order chi connectivity index (χ0) is 20.1. The van der Waals surface area contributed by atoms with Crippen LogP contribution in [0.15, 0.2) is 54.9 Å². The summed E-state index contributed by atoms with van der Waals surface area (Å²) in [6, 6.07) is 12.5. The van der Waals surface area contributed by atoms with Crippen molar-refractivity contribution >= 4 is 34.6 Å². The van der Waals surface area contributed by atoms with Crippen molar-refractivity contribution in [2.75, 3.05) is 24.9 Å². The molecule has 0 aliphatic rings. The Morgan fingerprint density at radius 3 is 2.50 bits per heavy atom. The van der Waals surface area contributed by atoms with Crippen molar-refractivity contribution in [2.24, 2.45) is 0 Å². The van der Waals surface area contributed by atoms with Crippen LogP contribution >= 0.6 is 11.6 Å². The van der Waals surface area contributed by atoms with Crippen molar-refractivity contribution < 1.29 is 14.3 Å². The van der Waals surface area contributed by atoms with Crippen molar-refractivity contribution in [2.45, 2.75) is 6.92 Å². The molecule has 3 rings (SSSR count). The van der Waals surface area contributed by atoms with Crippen LogP contribution < -0.4 is 20.1 Å². The highest BCUT2D eigenvalue weighted by Crippen LogP contribution is 2.29. The Bertz CT molecular complexity index is 1010. The Balaban J connectivity index is 1.79. The standard InChI is InChI=1S/C21H20ClN3O3/c1-13-8-15(22)4-6-18(13)24-16-9-14(11-23-12-16)21(26)25-19-7-5-17(27-2)10-20(19)28-3/h4-12,24H,1-3H3,(H,25,26). The molecule has 0 saturated carbocycles. The van der Waals surface area contributed by atoms with Gasteiger partial charge in [0, 0.05) is 23.0 Å². The smallest absolute Gasteiger partial charge is 0.257 e. The lowest BCUT2D eigenvalue weighted by atomic mass is 10.2. The van der Waals surface area contributed by atoms with E-state index in [9.17, 15) is 4.79 Å². The van der Waals surface area contributed by atoms with Crippen LogP contribution in [0.3, 0.4) is 0 Å². The van der Waals surface area contributed by atoms with Gasteiger partial charge in [-0.05, 0) is 48.9 Å². The second kappa shape index (κ2) is 8.63. The molecule has 0 aliphatic carbocycles. The minimum Gasteiger partial charge on any atom is -0.497 e. The number of anilines is 3. The molecule has 0 unspecified atom stereocenters. The molecule has 1 heterocycles. The summed E-state index contributed by atoms with van der Waals surface area (Å²) in [6.45, 7) is 1.95. The van der Waals surface area contributed by atoms with Crippen LogP contribution in [0.5, 0.6) is 11.5 Å². The average molecular weight is 398 g/mol. The third-order valence-electron chi connectivity index (χ3n) is 4.12.